The van der Waals surface area contributed by atoms with Crippen LogP contribution in [-0.4, -0.2) is 18.5 Å². The van der Waals surface area contributed by atoms with Crippen LogP contribution in [0.4, 0.5) is 17.1 Å². The molecule has 0 spiro atoms. The predicted molar refractivity (Wildman–Crippen MR) is 104 cm³/mol. The van der Waals surface area contributed by atoms with Gasteiger partial charge < -0.3 is 21.1 Å². The van der Waals surface area contributed by atoms with Crippen molar-refractivity contribution < 1.29 is 14.3 Å². The molecule has 0 aliphatic carbocycles. The molecule has 0 atom stereocenters. The Kier molecular flexibility index (Phi) is 6.80. The van der Waals surface area contributed by atoms with Crippen LogP contribution in [0.15, 0.2) is 54.2 Å². The summed E-state index contributed by atoms with van der Waals surface area (Å²) in [7, 11) is 0. The first kappa shape index (κ1) is 19.8. The van der Waals surface area contributed by atoms with Crippen molar-refractivity contribution in [3.05, 3.63) is 64.8 Å². The standard InChI is InChI=1S/C19H17ClN4O3/c1-2-27-19(26)12-3-6-15(7-4-12)24-18(25)13(10-21)11-23-17-8-5-14(22)9-16(17)20/h3-9,11,23H,2,22H2,1H3,(H,24,25)/b13-11-. The van der Waals surface area contributed by atoms with Gasteiger partial charge >= 0.3 is 5.97 Å². The van der Waals surface area contributed by atoms with Crippen molar-refractivity contribution in [2.45, 2.75) is 6.92 Å². The lowest BCUT2D eigenvalue weighted by molar-refractivity contribution is -0.112. The summed E-state index contributed by atoms with van der Waals surface area (Å²) >= 11 is 6.04. The predicted octanol–water partition coefficient (Wildman–Crippen LogP) is 3.56. The molecule has 0 saturated heterocycles. The Morgan fingerprint density at radius 1 is 1.26 bits per heavy atom. The lowest BCUT2D eigenvalue weighted by atomic mass is 10.2. The van der Waals surface area contributed by atoms with Gasteiger partial charge in [-0.3, -0.25) is 4.79 Å². The van der Waals surface area contributed by atoms with Crippen LogP contribution in [0.25, 0.3) is 0 Å². The Labute approximate surface area is 161 Å². The van der Waals surface area contributed by atoms with E-state index in [4.69, 9.17) is 22.1 Å². The maximum Gasteiger partial charge on any atom is 0.338 e. The zero-order valence-corrected chi connectivity index (χ0v) is 15.2. The van der Waals surface area contributed by atoms with E-state index >= 15 is 0 Å². The Morgan fingerprint density at radius 2 is 1.96 bits per heavy atom. The highest BCUT2D eigenvalue weighted by Crippen LogP contribution is 2.24. The van der Waals surface area contributed by atoms with Gasteiger partial charge in [-0.1, -0.05) is 11.6 Å². The number of hydrogen-bond acceptors (Lipinski definition) is 6. The number of ether oxygens (including phenoxy) is 1. The third kappa shape index (κ3) is 5.49. The molecule has 0 aliphatic heterocycles. The van der Waals surface area contributed by atoms with E-state index in [9.17, 15) is 14.9 Å². The first-order chi connectivity index (χ1) is 12.9. The van der Waals surface area contributed by atoms with E-state index in [2.05, 4.69) is 10.6 Å². The molecule has 1 amide bonds. The highest BCUT2D eigenvalue weighted by atomic mass is 35.5. The molecule has 2 aromatic carbocycles. The summed E-state index contributed by atoms with van der Waals surface area (Å²) in [6.07, 6.45) is 1.25. The van der Waals surface area contributed by atoms with Gasteiger partial charge in [-0.25, -0.2) is 4.79 Å². The molecule has 4 N–H and O–H groups in total. The minimum absolute atomic E-state index is 0.155. The van der Waals surface area contributed by atoms with E-state index < -0.39 is 11.9 Å². The monoisotopic (exact) mass is 384 g/mol. The summed E-state index contributed by atoms with van der Waals surface area (Å²) in [6.45, 7) is 1.99. The Morgan fingerprint density at radius 3 is 2.56 bits per heavy atom. The molecule has 2 rings (SSSR count). The fraction of sp³-hybridized carbons (Fsp3) is 0.105. The van der Waals surface area contributed by atoms with Gasteiger partial charge in [-0.15, -0.1) is 0 Å². The molecule has 138 valence electrons. The van der Waals surface area contributed by atoms with E-state index in [0.717, 1.165) is 0 Å². The van der Waals surface area contributed by atoms with Crippen molar-refractivity contribution in [1.29, 1.82) is 5.26 Å². The molecule has 0 radical (unpaired) electrons. The maximum absolute atomic E-state index is 12.2. The fourth-order valence-corrected chi connectivity index (χ4v) is 2.29. The van der Waals surface area contributed by atoms with Crippen LogP contribution in [-0.2, 0) is 9.53 Å². The first-order valence-electron chi connectivity index (χ1n) is 7.95. The van der Waals surface area contributed by atoms with Gasteiger partial charge in [0.05, 0.1) is 22.9 Å². The van der Waals surface area contributed by atoms with Crippen LogP contribution < -0.4 is 16.4 Å². The van der Waals surface area contributed by atoms with Crippen LogP contribution in [0, 0.1) is 11.3 Å². The Balaban J connectivity index is 2.06. The van der Waals surface area contributed by atoms with Crippen molar-refractivity contribution in [3.63, 3.8) is 0 Å². The number of nitrogen functional groups attached to an aromatic ring is 1. The molecule has 0 unspecified atom stereocenters. The minimum Gasteiger partial charge on any atom is -0.462 e. The summed E-state index contributed by atoms with van der Waals surface area (Å²) in [6, 6.07) is 12.8. The van der Waals surface area contributed by atoms with Gasteiger partial charge in [0.1, 0.15) is 11.6 Å². The Hall–Kier alpha value is -3.50. The third-order valence-electron chi connectivity index (χ3n) is 3.38. The van der Waals surface area contributed by atoms with E-state index in [0.29, 0.717) is 27.6 Å². The molecule has 0 saturated carbocycles. The van der Waals surface area contributed by atoms with Gasteiger partial charge in [-0.2, -0.15) is 5.26 Å². The van der Waals surface area contributed by atoms with Crippen molar-refractivity contribution in [1.82, 2.24) is 0 Å². The second-order valence-corrected chi connectivity index (χ2v) is 5.71. The molecular formula is C19H17ClN4O3. The van der Waals surface area contributed by atoms with Crippen LogP contribution in [0.2, 0.25) is 5.02 Å². The Bertz CT molecular complexity index is 918. The zero-order chi connectivity index (χ0) is 19.8. The molecule has 0 aromatic heterocycles. The largest absolute Gasteiger partial charge is 0.462 e. The topological polar surface area (TPSA) is 117 Å². The van der Waals surface area contributed by atoms with Crippen molar-refractivity contribution in [3.8, 4) is 6.07 Å². The average Bonchev–Trinajstić information content (AvgIpc) is 2.64. The quantitative estimate of drug-likeness (QED) is 0.303. The molecule has 27 heavy (non-hydrogen) atoms. The van der Waals surface area contributed by atoms with Gasteiger partial charge in [0.2, 0.25) is 0 Å². The summed E-state index contributed by atoms with van der Waals surface area (Å²) in [5.41, 5.74) is 7.26. The number of esters is 1. The number of nitrogens with two attached hydrogens (primary N) is 1. The summed E-state index contributed by atoms with van der Waals surface area (Å²) in [5, 5.41) is 14.9. The first-order valence-corrected chi connectivity index (χ1v) is 8.32. The number of carbonyl (C=O) groups is 2. The van der Waals surface area contributed by atoms with Crippen LogP contribution >= 0.6 is 11.6 Å². The summed E-state index contributed by atoms with van der Waals surface area (Å²) in [4.78, 5) is 23.9. The molecule has 0 fully saturated rings. The number of halogens is 1. The van der Waals surface area contributed by atoms with E-state index in [1.165, 1.54) is 18.3 Å². The van der Waals surface area contributed by atoms with Crippen molar-refractivity contribution in [2.75, 3.05) is 23.0 Å². The molecule has 0 heterocycles. The normalized spacial score (nSPS) is 10.6. The van der Waals surface area contributed by atoms with E-state index in [-0.39, 0.29) is 12.2 Å². The SMILES string of the molecule is CCOC(=O)c1ccc(NC(=O)/C(C#N)=C\Nc2ccc(N)cc2Cl)cc1. The van der Waals surface area contributed by atoms with Gasteiger partial charge in [0.25, 0.3) is 5.91 Å². The molecule has 7 nitrogen and oxygen atoms in total. The summed E-state index contributed by atoms with van der Waals surface area (Å²) in [5.74, 6) is -1.06. The van der Waals surface area contributed by atoms with E-state index in [1.54, 1.807) is 37.3 Å². The molecule has 0 aliphatic rings. The minimum atomic E-state index is -0.611. The molecule has 2 aromatic rings. The number of nitrogens with zero attached hydrogens (tertiary/aromatic N) is 1. The number of anilines is 3. The number of nitriles is 1. The zero-order valence-electron chi connectivity index (χ0n) is 14.5. The number of benzene rings is 2. The average molecular weight is 385 g/mol. The number of nitrogens with one attached hydrogen (secondary N) is 2. The van der Waals surface area contributed by atoms with Crippen LogP contribution in [0.3, 0.4) is 0 Å². The highest BCUT2D eigenvalue weighted by Gasteiger charge is 2.11. The number of hydrogen-bond donors (Lipinski definition) is 3. The van der Waals surface area contributed by atoms with Crippen LogP contribution in [0.1, 0.15) is 17.3 Å². The third-order valence-corrected chi connectivity index (χ3v) is 3.70. The smallest absolute Gasteiger partial charge is 0.338 e. The number of carbonyl (C=O) groups excluding carboxylic acids is 2. The molecular weight excluding hydrogens is 368 g/mol. The second kappa shape index (κ2) is 9.27. The fourth-order valence-electron chi connectivity index (χ4n) is 2.05. The van der Waals surface area contributed by atoms with E-state index in [1.807, 2.05) is 6.07 Å². The molecule has 8 heteroatoms. The van der Waals surface area contributed by atoms with Crippen molar-refractivity contribution in [2.24, 2.45) is 0 Å². The molecule has 0 bridgehead atoms. The maximum atomic E-state index is 12.2. The second-order valence-electron chi connectivity index (χ2n) is 5.31. The number of amides is 1. The summed E-state index contributed by atoms with van der Waals surface area (Å²) < 4.78 is 4.89. The van der Waals surface area contributed by atoms with Gasteiger partial charge in [-0.05, 0) is 49.4 Å². The van der Waals surface area contributed by atoms with Crippen LogP contribution in [0.5, 0.6) is 0 Å². The lowest BCUT2D eigenvalue weighted by Gasteiger charge is -2.07. The highest BCUT2D eigenvalue weighted by molar-refractivity contribution is 6.33. The lowest BCUT2D eigenvalue weighted by Crippen LogP contribution is -2.14. The van der Waals surface area contributed by atoms with Crippen molar-refractivity contribution >= 4 is 40.5 Å². The number of rotatable bonds is 6. The van der Waals surface area contributed by atoms with Gasteiger partial charge in [0.15, 0.2) is 0 Å². The van der Waals surface area contributed by atoms with Gasteiger partial charge in [0, 0.05) is 17.6 Å².